The van der Waals surface area contributed by atoms with Crippen LogP contribution >= 0.6 is 0 Å². The first-order valence-corrected chi connectivity index (χ1v) is 7.53. The van der Waals surface area contributed by atoms with Crippen molar-refractivity contribution in [2.45, 2.75) is 0 Å². The van der Waals surface area contributed by atoms with Crippen LogP contribution in [0.3, 0.4) is 0 Å². The second kappa shape index (κ2) is 8.63. The molecule has 1 amide bonds. The summed E-state index contributed by atoms with van der Waals surface area (Å²) in [6.45, 7) is 0. The maximum Gasteiger partial charge on any atom is 0.248 e. The SMILES string of the molecule is COc1cc(/C=C/C(=O)Nc2ccc(OC)c(OC)c2)cc(OC)c1. The van der Waals surface area contributed by atoms with Crippen molar-refractivity contribution in [3.63, 3.8) is 0 Å². The van der Waals surface area contributed by atoms with Gasteiger partial charge in [0.05, 0.1) is 28.4 Å². The predicted molar refractivity (Wildman–Crippen MR) is 96.8 cm³/mol. The number of anilines is 1. The highest BCUT2D eigenvalue weighted by atomic mass is 16.5. The molecule has 2 rings (SSSR count). The van der Waals surface area contributed by atoms with E-state index >= 15 is 0 Å². The molecular formula is C19H21NO5. The van der Waals surface area contributed by atoms with Gasteiger partial charge < -0.3 is 24.3 Å². The Morgan fingerprint density at radius 2 is 1.48 bits per heavy atom. The summed E-state index contributed by atoms with van der Waals surface area (Å²) in [5.74, 6) is 2.17. The lowest BCUT2D eigenvalue weighted by Gasteiger charge is -2.09. The Bertz CT molecular complexity index is 748. The molecule has 6 nitrogen and oxygen atoms in total. The normalized spacial score (nSPS) is 10.4. The van der Waals surface area contributed by atoms with Crippen LogP contribution in [0.4, 0.5) is 5.69 Å². The van der Waals surface area contributed by atoms with Gasteiger partial charge >= 0.3 is 0 Å². The third-order valence-electron chi connectivity index (χ3n) is 3.45. The number of hydrogen-bond acceptors (Lipinski definition) is 5. The maximum absolute atomic E-state index is 12.1. The van der Waals surface area contributed by atoms with Crippen LogP contribution in [-0.2, 0) is 4.79 Å². The van der Waals surface area contributed by atoms with Gasteiger partial charge in [0.2, 0.25) is 5.91 Å². The Labute approximate surface area is 147 Å². The number of carbonyl (C=O) groups is 1. The molecule has 2 aromatic carbocycles. The molecule has 132 valence electrons. The third kappa shape index (κ3) is 4.91. The number of carbonyl (C=O) groups excluding carboxylic acids is 1. The van der Waals surface area contributed by atoms with Crippen molar-refractivity contribution in [1.82, 2.24) is 0 Å². The van der Waals surface area contributed by atoms with Crippen LogP contribution in [-0.4, -0.2) is 34.3 Å². The van der Waals surface area contributed by atoms with Gasteiger partial charge in [0, 0.05) is 23.9 Å². The molecule has 2 aromatic rings. The van der Waals surface area contributed by atoms with Gasteiger partial charge in [0.1, 0.15) is 11.5 Å². The highest BCUT2D eigenvalue weighted by Gasteiger charge is 2.06. The largest absolute Gasteiger partial charge is 0.497 e. The van der Waals surface area contributed by atoms with Crippen molar-refractivity contribution in [3.05, 3.63) is 48.0 Å². The molecule has 0 saturated heterocycles. The Balaban J connectivity index is 2.11. The average Bonchev–Trinajstić information content (AvgIpc) is 2.65. The highest BCUT2D eigenvalue weighted by molar-refractivity contribution is 6.02. The van der Waals surface area contributed by atoms with E-state index in [4.69, 9.17) is 18.9 Å². The summed E-state index contributed by atoms with van der Waals surface area (Å²) in [7, 11) is 6.25. The molecule has 0 aromatic heterocycles. The van der Waals surface area contributed by atoms with Gasteiger partial charge in [-0.1, -0.05) is 0 Å². The van der Waals surface area contributed by atoms with Crippen molar-refractivity contribution >= 4 is 17.7 Å². The summed E-state index contributed by atoms with van der Waals surface area (Å²) in [5.41, 5.74) is 1.40. The molecule has 0 heterocycles. The molecule has 0 radical (unpaired) electrons. The van der Waals surface area contributed by atoms with E-state index in [1.807, 2.05) is 12.1 Å². The lowest BCUT2D eigenvalue weighted by molar-refractivity contribution is -0.111. The number of hydrogen-bond donors (Lipinski definition) is 1. The summed E-state index contributed by atoms with van der Waals surface area (Å²) in [6, 6.07) is 10.5. The van der Waals surface area contributed by atoms with E-state index in [1.54, 1.807) is 58.8 Å². The van der Waals surface area contributed by atoms with Crippen LogP contribution in [0.5, 0.6) is 23.0 Å². The van der Waals surface area contributed by atoms with Crippen LogP contribution in [0.15, 0.2) is 42.5 Å². The van der Waals surface area contributed by atoms with Crippen LogP contribution in [0, 0.1) is 0 Å². The second-order valence-corrected chi connectivity index (χ2v) is 5.04. The molecule has 1 N–H and O–H groups in total. The second-order valence-electron chi connectivity index (χ2n) is 5.04. The third-order valence-corrected chi connectivity index (χ3v) is 3.45. The molecule has 0 bridgehead atoms. The van der Waals surface area contributed by atoms with E-state index < -0.39 is 0 Å². The quantitative estimate of drug-likeness (QED) is 0.781. The smallest absolute Gasteiger partial charge is 0.248 e. The minimum Gasteiger partial charge on any atom is -0.497 e. The molecule has 0 aliphatic heterocycles. The van der Waals surface area contributed by atoms with Gasteiger partial charge in [-0.15, -0.1) is 0 Å². The Kier molecular flexibility index (Phi) is 6.28. The number of ether oxygens (including phenoxy) is 4. The molecule has 0 spiro atoms. The fourth-order valence-corrected chi connectivity index (χ4v) is 2.20. The van der Waals surface area contributed by atoms with Crippen molar-refractivity contribution in [3.8, 4) is 23.0 Å². The number of methoxy groups -OCH3 is 4. The Morgan fingerprint density at radius 3 is 2.04 bits per heavy atom. The first-order valence-electron chi connectivity index (χ1n) is 7.53. The summed E-state index contributed by atoms with van der Waals surface area (Å²) >= 11 is 0. The fraction of sp³-hybridized carbons (Fsp3) is 0.211. The lowest BCUT2D eigenvalue weighted by Crippen LogP contribution is -2.08. The number of amides is 1. The molecular weight excluding hydrogens is 322 g/mol. The maximum atomic E-state index is 12.1. The Morgan fingerprint density at radius 1 is 0.840 bits per heavy atom. The summed E-state index contributed by atoms with van der Waals surface area (Å²) < 4.78 is 20.8. The van der Waals surface area contributed by atoms with E-state index in [2.05, 4.69) is 5.32 Å². The van der Waals surface area contributed by atoms with Crippen LogP contribution in [0.1, 0.15) is 5.56 Å². The number of rotatable bonds is 7. The molecule has 25 heavy (non-hydrogen) atoms. The minimum atomic E-state index is -0.269. The van der Waals surface area contributed by atoms with Crippen LogP contribution < -0.4 is 24.3 Å². The molecule has 0 aliphatic rings. The highest BCUT2D eigenvalue weighted by Crippen LogP contribution is 2.29. The lowest BCUT2D eigenvalue weighted by atomic mass is 10.2. The van der Waals surface area contributed by atoms with Gasteiger partial charge in [0.25, 0.3) is 0 Å². The van der Waals surface area contributed by atoms with Crippen LogP contribution in [0.2, 0.25) is 0 Å². The van der Waals surface area contributed by atoms with Crippen molar-refractivity contribution in [2.24, 2.45) is 0 Å². The van der Waals surface area contributed by atoms with Crippen LogP contribution in [0.25, 0.3) is 6.08 Å². The zero-order valence-electron chi connectivity index (χ0n) is 14.7. The average molecular weight is 343 g/mol. The van der Waals surface area contributed by atoms with E-state index in [0.717, 1.165) is 5.56 Å². The van der Waals surface area contributed by atoms with Crippen molar-refractivity contribution < 1.29 is 23.7 Å². The molecule has 6 heteroatoms. The van der Waals surface area contributed by atoms with Gasteiger partial charge in [0.15, 0.2) is 11.5 Å². The van der Waals surface area contributed by atoms with Gasteiger partial charge in [-0.3, -0.25) is 4.79 Å². The number of nitrogens with one attached hydrogen (secondary N) is 1. The van der Waals surface area contributed by atoms with Gasteiger partial charge in [-0.2, -0.15) is 0 Å². The molecule has 0 atom stereocenters. The summed E-state index contributed by atoms with van der Waals surface area (Å²) in [4.78, 5) is 12.1. The summed E-state index contributed by atoms with van der Waals surface area (Å²) in [5, 5.41) is 2.77. The fourth-order valence-electron chi connectivity index (χ4n) is 2.20. The molecule has 0 saturated carbocycles. The zero-order valence-corrected chi connectivity index (χ0v) is 14.7. The molecule has 0 aliphatic carbocycles. The van der Waals surface area contributed by atoms with E-state index in [9.17, 15) is 4.79 Å². The van der Waals surface area contributed by atoms with Gasteiger partial charge in [-0.25, -0.2) is 0 Å². The summed E-state index contributed by atoms with van der Waals surface area (Å²) in [6.07, 6.45) is 3.12. The van der Waals surface area contributed by atoms with E-state index in [1.165, 1.54) is 6.08 Å². The van der Waals surface area contributed by atoms with E-state index in [-0.39, 0.29) is 5.91 Å². The molecule has 0 unspecified atom stereocenters. The first kappa shape index (κ1) is 18.2. The topological polar surface area (TPSA) is 66.0 Å². The first-order chi connectivity index (χ1) is 12.1. The van der Waals surface area contributed by atoms with Gasteiger partial charge in [-0.05, 0) is 35.9 Å². The Hall–Kier alpha value is -3.15. The number of benzene rings is 2. The van der Waals surface area contributed by atoms with Crippen molar-refractivity contribution in [1.29, 1.82) is 0 Å². The molecule has 0 fully saturated rings. The predicted octanol–water partition coefficient (Wildman–Crippen LogP) is 3.37. The zero-order chi connectivity index (χ0) is 18.2. The van der Waals surface area contributed by atoms with Crippen molar-refractivity contribution in [2.75, 3.05) is 33.8 Å². The van der Waals surface area contributed by atoms with E-state index in [0.29, 0.717) is 28.7 Å². The minimum absolute atomic E-state index is 0.269. The monoisotopic (exact) mass is 343 g/mol. The standard InChI is InChI=1S/C19H21NO5/c1-22-15-9-13(10-16(12-15)23-2)5-8-19(21)20-14-6-7-17(24-3)18(11-14)25-4/h5-12H,1-4H3,(H,20,21)/b8-5+.